The van der Waals surface area contributed by atoms with Crippen molar-refractivity contribution in [1.82, 2.24) is 14.9 Å². The van der Waals surface area contributed by atoms with Gasteiger partial charge in [0.05, 0.1) is 24.5 Å². The first-order valence-corrected chi connectivity index (χ1v) is 10.6. The van der Waals surface area contributed by atoms with Crippen molar-refractivity contribution in [2.24, 2.45) is 5.92 Å². The molecule has 0 saturated carbocycles. The van der Waals surface area contributed by atoms with Crippen molar-refractivity contribution < 1.29 is 23.8 Å². The highest BCUT2D eigenvalue weighted by molar-refractivity contribution is 7.20. The van der Waals surface area contributed by atoms with Gasteiger partial charge in [-0.3, -0.25) is 4.79 Å². The minimum Gasteiger partial charge on any atom is -0.483 e. The van der Waals surface area contributed by atoms with Gasteiger partial charge in [0.1, 0.15) is 17.1 Å². The molecule has 1 saturated heterocycles. The normalized spacial score (nSPS) is 17.4. The SMILES string of the molecule is C1=C2COCC2CN1Cc1cc2ccc(Oc3nc4ncccc4s3)cc2o1.O=CO. The fourth-order valence-corrected chi connectivity index (χ4v) is 4.63. The minimum absolute atomic E-state index is 0.250. The summed E-state index contributed by atoms with van der Waals surface area (Å²) in [5.74, 6) is 2.21. The second kappa shape index (κ2) is 8.37. The third-order valence-corrected chi connectivity index (χ3v) is 6.06. The van der Waals surface area contributed by atoms with Crippen LogP contribution >= 0.6 is 11.3 Å². The van der Waals surface area contributed by atoms with Gasteiger partial charge >= 0.3 is 0 Å². The summed E-state index contributed by atoms with van der Waals surface area (Å²) in [5.41, 5.74) is 2.93. The predicted octanol–water partition coefficient (Wildman–Crippen LogP) is 4.28. The van der Waals surface area contributed by atoms with Crippen LogP contribution in [-0.2, 0) is 16.1 Å². The molecule has 1 fully saturated rings. The van der Waals surface area contributed by atoms with Crippen LogP contribution in [0, 0.1) is 5.92 Å². The molecule has 1 unspecified atom stereocenters. The summed E-state index contributed by atoms with van der Waals surface area (Å²) < 4.78 is 18.5. The van der Waals surface area contributed by atoms with Gasteiger partial charge in [0.2, 0.25) is 0 Å². The van der Waals surface area contributed by atoms with Gasteiger partial charge in [-0.15, -0.1) is 0 Å². The number of carbonyl (C=O) groups is 1. The summed E-state index contributed by atoms with van der Waals surface area (Å²) >= 11 is 1.48. The van der Waals surface area contributed by atoms with E-state index in [1.165, 1.54) is 16.9 Å². The lowest BCUT2D eigenvalue weighted by Gasteiger charge is -2.15. The van der Waals surface area contributed by atoms with Crippen LogP contribution in [0.3, 0.4) is 0 Å². The van der Waals surface area contributed by atoms with Gasteiger partial charge in [0.15, 0.2) is 5.65 Å². The topological polar surface area (TPSA) is 97.9 Å². The number of carboxylic acid groups (broad SMARTS) is 1. The third kappa shape index (κ3) is 4.10. The standard InChI is InChI=1S/C21H17N3O3S.CH2O2/c1-2-19-20(22-5-1)23-21(28-19)27-16-4-3-13-6-17(26-18(13)7-16)10-24-8-14-11-25-12-15(14)9-24;2-1-3/h1-8,15H,9-12H2;1H,(H,2,3). The fraction of sp³-hybridized carbons (Fsp3) is 0.227. The average molecular weight is 437 g/mol. The van der Waals surface area contributed by atoms with E-state index in [0.717, 1.165) is 47.7 Å². The number of aromatic nitrogens is 2. The lowest BCUT2D eigenvalue weighted by atomic mass is 10.1. The fourth-order valence-electron chi connectivity index (χ4n) is 3.84. The molecule has 5 heterocycles. The van der Waals surface area contributed by atoms with Crippen LogP contribution in [0.15, 0.2) is 58.8 Å². The van der Waals surface area contributed by atoms with Crippen LogP contribution in [0.1, 0.15) is 5.76 Å². The van der Waals surface area contributed by atoms with Crippen molar-refractivity contribution in [1.29, 1.82) is 0 Å². The molecule has 158 valence electrons. The molecule has 1 atom stereocenters. The molecule has 3 aromatic heterocycles. The predicted molar refractivity (Wildman–Crippen MR) is 115 cm³/mol. The summed E-state index contributed by atoms with van der Waals surface area (Å²) in [7, 11) is 0. The lowest BCUT2D eigenvalue weighted by molar-refractivity contribution is -0.122. The largest absolute Gasteiger partial charge is 0.483 e. The quantitative estimate of drug-likeness (QED) is 0.473. The molecule has 0 spiro atoms. The highest BCUT2D eigenvalue weighted by Gasteiger charge is 2.29. The number of pyridine rings is 1. The van der Waals surface area contributed by atoms with Crippen molar-refractivity contribution in [3.63, 3.8) is 0 Å². The van der Waals surface area contributed by atoms with Crippen molar-refractivity contribution >= 4 is 39.1 Å². The van der Waals surface area contributed by atoms with Gasteiger partial charge in [-0.25, -0.2) is 4.98 Å². The Morgan fingerprint density at radius 3 is 3.06 bits per heavy atom. The number of fused-ring (bicyclic) bond motifs is 3. The molecular weight excluding hydrogens is 418 g/mol. The van der Waals surface area contributed by atoms with Crippen LogP contribution in [0.2, 0.25) is 0 Å². The van der Waals surface area contributed by atoms with Crippen LogP contribution in [0.4, 0.5) is 0 Å². The summed E-state index contributed by atoms with van der Waals surface area (Å²) in [6.07, 6.45) is 3.96. The molecule has 2 aliphatic rings. The maximum atomic E-state index is 8.36. The van der Waals surface area contributed by atoms with Crippen molar-refractivity contribution in [2.45, 2.75) is 6.54 Å². The van der Waals surface area contributed by atoms with E-state index in [1.807, 2.05) is 30.3 Å². The zero-order valence-electron chi connectivity index (χ0n) is 16.4. The lowest BCUT2D eigenvalue weighted by Crippen LogP contribution is -2.18. The van der Waals surface area contributed by atoms with E-state index < -0.39 is 0 Å². The molecule has 9 heteroatoms. The molecule has 1 N–H and O–H groups in total. The van der Waals surface area contributed by atoms with Crippen molar-refractivity contribution in [3.8, 4) is 10.9 Å². The number of rotatable bonds is 4. The Bertz CT molecular complexity index is 1230. The summed E-state index contributed by atoms with van der Waals surface area (Å²) in [6, 6.07) is 11.9. The second-order valence-electron chi connectivity index (χ2n) is 7.27. The number of nitrogens with zero attached hydrogens (tertiary/aromatic N) is 3. The maximum Gasteiger partial charge on any atom is 0.290 e. The van der Waals surface area contributed by atoms with Crippen LogP contribution < -0.4 is 4.74 Å². The van der Waals surface area contributed by atoms with E-state index in [1.54, 1.807) is 6.20 Å². The molecule has 0 amide bonds. The first-order chi connectivity index (χ1) is 15.2. The zero-order valence-corrected chi connectivity index (χ0v) is 17.2. The van der Waals surface area contributed by atoms with Crippen LogP contribution in [-0.4, -0.2) is 46.2 Å². The molecule has 1 aromatic carbocycles. The smallest absolute Gasteiger partial charge is 0.290 e. The van der Waals surface area contributed by atoms with Gasteiger partial charge in [0, 0.05) is 36.3 Å². The van der Waals surface area contributed by atoms with Gasteiger partial charge < -0.3 is 23.9 Å². The van der Waals surface area contributed by atoms with E-state index in [9.17, 15) is 0 Å². The number of ether oxygens (including phenoxy) is 2. The van der Waals surface area contributed by atoms with E-state index in [4.69, 9.17) is 23.8 Å². The average Bonchev–Trinajstić information content (AvgIpc) is 3.50. The first-order valence-electron chi connectivity index (χ1n) is 9.74. The van der Waals surface area contributed by atoms with Gasteiger partial charge in [-0.2, -0.15) is 4.98 Å². The van der Waals surface area contributed by atoms with Crippen LogP contribution in [0.25, 0.3) is 21.3 Å². The Labute approximate surface area is 181 Å². The summed E-state index contributed by atoms with van der Waals surface area (Å²) in [4.78, 5) is 19.3. The van der Waals surface area contributed by atoms with Gasteiger partial charge in [-0.05, 0) is 35.9 Å². The molecule has 8 nitrogen and oxygen atoms in total. The molecule has 0 radical (unpaired) electrons. The first kappa shape index (κ1) is 19.5. The van der Waals surface area contributed by atoms with Crippen LogP contribution in [0.5, 0.6) is 10.9 Å². The summed E-state index contributed by atoms with van der Waals surface area (Å²) in [6.45, 7) is 3.13. The Morgan fingerprint density at radius 2 is 2.23 bits per heavy atom. The van der Waals surface area contributed by atoms with Crippen molar-refractivity contribution in [2.75, 3.05) is 19.8 Å². The minimum atomic E-state index is -0.250. The van der Waals surface area contributed by atoms with Crippen molar-refractivity contribution in [3.05, 3.63) is 60.1 Å². The van der Waals surface area contributed by atoms with E-state index in [2.05, 4.69) is 27.1 Å². The van der Waals surface area contributed by atoms with E-state index in [0.29, 0.717) is 22.5 Å². The third-order valence-electron chi connectivity index (χ3n) is 5.17. The number of benzene rings is 1. The Balaban J connectivity index is 0.000000646. The Kier molecular flexibility index (Phi) is 5.27. The molecule has 6 rings (SSSR count). The van der Waals surface area contributed by atoms with E-state index in [-0.39, 0.29) is 6.47 Å². The molecule has 31 heavy (non-hydrogen) atoms. The van der Waals surface area contributed by atoms with E-state index >= 15 is 0 Å². The highest BCUT2D eigenvalue weighted by atomic mass is 32.1. The second-order valence-corrected chi connectivity index (χ2v) is 8.26. The summed E-state index contributed by atoms with van der Waals surface area (Å²) in [5, 5.41) is 8.54. The zero-order chi connectivity index (χ0) is 21.2. The molecular formula is C22H19N3O5S. The van der Waals surface area contributed by atoms with Gasteiger partial charge in [-0.1, -0.05) is 11.3 Å². The maximum absolute atomic E-state index is 8.36. The molecule has 0 aliphatic carbocycles. The molecule has 2 aliphatic heterocycles. The monoisotopic (exact) mass is 437 g/mol. The molecule has 0 bridgehead atoms. The Morgan fingerprint density at radius 1 is 1.32 bits per heavy atom. The number of furan rings is 1. The highest BCUT2D eigenvalue weighted by Crippen LogP contribution is 2.33. The number of thiazole rings is 1. The van der Waals surface area contributed by atoms with Gasteiger partial charge in [0.25, 0.3) is 11.7 Å². The Hall–Kier alpha value is -3.43. The number of hydrogen-bond acceptors (Lipinski definition) is 8. The number of hydrogen-bond donors (Lipinski definition) is 1. The molecule has 4 aromatic rings.